The summed E-state index contributed by atoms with van der Waals surface area (Å²) in [6, 6.07) is 18.5. The number of likely N-dealkylation sites (tertiary alicyclic amines) is 1. The van der Waals surface area contributed by atoms with Gasteiger partial charge in [-0.1, -0.05) is 60.7 Å². The van der Waals surface area contributed by atoms with Crippen molar-refractivity contribution in [3.8, 4) is 0 Å². The van der Waals surface area contributed by atoms with Gasteiger partial charge in [-0.05, 0) is 17.5 Å². The van der Waals surface area contributed by atoms with E-state index in [2.05, 4.69) is 0 Å². The van der Waals surface area contributed by atoms with Crippen molar-refractivity contribution in [2.45, 2.75) is 24.9 Å². The first kappa shape index (κ1) is 14.3. The van der Waals surface area contributed by atoms with Gasteiger partial charge < -0.3 is 10.0 Å². The van der Waals surface area contributed by atoms with Gasteiger partial charge in [-0.15, -0.1) is 0 Å². The maximum absolute atomic E-state index is 12.3. The minimum atomic E-state index is -1.27. The Balaban J connectivity index is 2.04. The molecule has 0 unspecified atom stereocenters. The van der Waals surface area contributed by atoms with Crippen molar-refractivity contribution >= 4 is 11.9 Å². The molecule has 4 heteroatoms. The van der Waals surface area contributed by atoms with Crippen molar-refractivity contribution in [3.63, 3.8) is 0 Å². The molecule has 1 atom stereocenters. The molecule has 1 amide bonds. The number of nitrogens with zero attached hydrogens (tertiary/aromatic N) is 1. The molecule has 1 fully saturated rings. The van der Waals surface area contributed by atoms with Crippen LogP contribution in [-0.2, 0) is 21.7 Å². The van der Waals surface area contributed by atoms with E-state index >= 15 is 0 Å². The first-order valence-electron chi connectivity index (χ1n) is 7.28. The minimum absolute atomic E-state index is 0.116. The molecule has 3 rings (SSSR count). The minimum Gasteiger partial charge on any atom is -0.479 e. The number of aliphatic carboxylic acids is 1. The smallest absolute Gasteiger partial charge is 0.334 e. The Hall–Kier alpha value is -2.62. The summed E-state index contributed by atoms with van der Waals surface area (Å²) in [5.41, 5.74) is 0.317. The van der Waals surface area contributed by atoms with Crippen molar-refractivity contribution < 1.29 is 14.7 Å². The quantitative estimate of drug-likeness (QED) is 0.943. The van der Waals surface area contributed by atoms with Gasteiger partial charge in [0.2, 0.25) is 5.91 Å². The molecule has 4 nitrogen and oxygen atoms in total. The van der Waals surface area contributed by atoms with E-state index < -0.39 is 11.5 Å². The topological polar surface area (TPSA) is 57.6 Å². The Morgan fingerprint density at radius 3 is 2.23 bits per heavy atom. The van der Waals surface area contributed by atoms with Gasteiger partial charge in [0.05, 0.1) is 0 Å². The van der Waals surface area contributed by atoms with Gasteiger partial charge in [0.1, 0.15) is 0 Å². The third-order valence-electron chi connectivity index (χ3n) is 4.25. The average molecular weight is 295 g/mol. The summed E-state index contributed by atoms with van der Waals surface area (Å²) in [6.45, 7) is 0.306. The number of amides is 1. The van der Waals surface area contributed by atoms with Gasteiger partial charge in [0.25, 0.3) is 0 Å². The van der Waals surface area contributed by atoms with Crippen LogP contribution in [0.15, 0.2) is 60.7 Å². The van der Waals surface area contributed by atoms with Crippen molar-refractivity contribution in [2.24, 2.45) is 0 Å². The zero-order chi connectivity index (χ0) is 15.6. The van der Waals surface area contributed by atoms with E-state index in [4.69, 9.17) is 0 Å². The van der Waals surface area contributed by atoms with Crippen LogP contribution in [0.1, 0.15) is 24.0 Å². The van der Waals surface area contributed by atoms with Crippen LogP contribution in [0.25, 0.3) is 0 Å². The summed E-state index contributed by atoms with van der Waals surface area (Å²) < 4.78 is 0. The molecular formula is C18H17NO3. The first-order valence-corrected chi connectivity index (χ1v) is 7.28. The Morgan fingerprint density at radius 1 is 1.05 bits per heavy atom. The lowest BCUT2D eigenvalue weighted by molar-refractivity contribution is -0.155. The Bertz CT molecular complexity index is 684. The van der Waals surface area contributed by atoms with Crippen molar-refractivity contribution in [1.82, 2.24) is 4.90 Å². The first-order chi connectivity index (χ1) is 10.6. The van der Waals surface area contributed by atoms with E-state index in [0.717, 1.165) is 5.56 Å². The molecule has 1 aliphatic rings. The summed E-state index contributed by atoms with van der Waals surface area (Å²) >= 11 is 0. The monoisotopic (exact) mass is 295 g/mol. The van der Waals surface area contributed by atoms with Crippen molar-refractivity contribution in [3.05, 3.63) is 71.8 Å². The number of benzene rings is 2. The third-order valence-corrected chi connectivity index (χ3v) is 4.25. The zero-order valence-electron chi connectivity index (χ0n) is 12.1. The maximum atomic E-state index is 12.3. The molecule has 0 aliphatic carbocycles. The van der Waals surface area contributed by atoms with Gasteiger partial charge in [-0.25, -0.2) is 4.79 Å². The zero-order valence-corrected chi connectivity index (χ0v) is 12.1. The number of hydrogen-bond acceptors (Lipinski definition) is 2. The fraction of sp³-hybridized carbons (Fsp3) is 0.222. The number of hydrogen-bond donors (Lipinski definition) is 1. The van der Waals surface area contributed by atoms with Gasteiger partial charge in [0.15, 0.2) is 5.54 Å². The predicted octanol–water partition coefficient (Wildman–Crippen LogP) is 2.79. The van der Waals surface area contributed by atoms with E-state index in [0.29, 0.717) is 18.5 Å². The molecule has 112 valence electrons. The second-order valence-electron chi connectivity index (χ2n) is 5.50. The highest BCUT2D eigenvalue weighted by molar-refractivity contribution is 5.92. The van der Waals surface area contributed by atoms with Crippen LogP contribution in [-0.4, -0.2) is 21.9 Å². The fourth-order valence-electron chi connectivity index (χ4n) is 3.12. The number of rotatable bonds is 4. The normalized spacial score (nSPS) is 21.1. The molecule has 22 heavy (non-hydrogen) atoms. The second-order valence-corrected chi connectivity index (χ2v) is 5.50. The lowest BCUT2D eigenvalue weighted by Gasteiger charge is -2.35. The van der Waals surface area contributed by atoms with Gasteiger partial charge in [-0.2, -0.15) is 0 Å². The molecule has 1 saturated heterocycles. The van der Waals surface area contributed by atoms with E-state index in [1.165, 1.54) is 4.90 Å². The molecule has 0 saturated carbocycles. The highest BCUT2D eigenvalue weighted by atomic mass is 16.4. The Morgan fingerprint density at radius 2 is 1.64 bits per heavy atom. The van der Waals surface area contributed by atoms with Crippen molar-refractivity contribution in [1.29, 1.82) is 0 Å². The summed E-state index contributed by atoms with van der Waals surface area (Å²) in [6.07, 6.45) is 0.562. The molecule has 0 radical (unpaired) electrons. The molecule has 1 N–H and O–H groups in total. The van der Waals surface area contributed by atoms with Gasteiger partial charge >= 0.3 is 5.97 Å². The van der Waals surface area contributed by atoms with E-state index in [1.807, 2.05) is 48.5 Å². The largest absolute Gasteiger partial charge is 0.479 e. The highest BCUT2D eigenvalue weighted by Crippen LogP contribution is 2.40. The van der Waals surface area contributed by atoms with Crippen LogP contribution in [0, 0.1) is 0 Å². The van der Waals surface area contributed by atoms with Gasteiger partial charge in [0, 0.05) is 13.0 Å². The Labute approximate surface area is 129 Å². The third kappa shape index (κ3) is 2.26. The van der Waals surface area contributed by atoms with Crippen molar-refractivity contribution in [2.75, 3.05) is 0 Å². The summed E-state index contributed by atoms with van der Waals surface area (Å²) in [5, 5.41) is 9.89. The predicted molar refractivity (Wildman–Crippen MR) is 82.0 cm³/mol. The molecule has 2 aromatic carbocycles. The standard InChI is InChI=1S/C18H17NO3/c20-16-11-12-18(17(21)22,15-9-5-2-6-10-15)19(16)13-14-7-3-1-4-8-14/h1-10H,11-13H2,(H,21,22)/t18-/m1/s1. The number of carbonyl (C=O) groups is 2. The summed E-state index contributed by atoms with van der Waals surface area (Å²) in [7, 11) is 0. The molecular weight excluding hydrogens is 278 g/mol. The van der Waals surface area contributed by atoms with Crippen LogP contribution in [0.4, 0.5) is 0 Å². The molecule has 2 aromatic rings. The highest BCUT2D eigenvalue weighted by Gasteiger charge is 2.52. The molecule has 1 aliphatic heterocycles. The lowest BCUT2D eigenvalue weighted by atomic mass is 9.87. The number of carbonyl (C=O) groups excluding carboxylic acids is 1. The second kappa shape index (κ2) is 5.64. The van der Waals surface area contributed by atoms with Crippen LogP contribution >= 0.6 is 0 Å². The van der Waals surface area contributed by atoms with E-state index in [1.54, 1.807) is 12.1 Å². The van der Waals surface area contributed by atoms with Crippen LogP contribution < -0.4 is 0 Å². The molecule has 0 bridgehead atoms. The van der Waals surface area contributed by atoms with Crippen LogP contribution in [0.2, 0.25) is 0 Å². The summed E-state index contributed by atoms with van der Waals surface area (Å²) in [4.78, 5) is 25.9. The Kier molecular flexibility index (Phi) is 3.67. The molecule has 1 heterocycles. The van der Waals surface area contributed by atoms with E-state index in [-0.39, 0.29) is 12.3 Å². The maximum Gasteiger partial charge on any atom is 0.334 e. The van der Waals surface area contributed by atoms with Gasteiger partial charge in [-0.3, -0.25) is 4.79 Å². The number of carboxylic acid groups (broad SMARTS) is 1. The van der Waals surface area contributed by atoms with Crippen LogP contribution in [0.3, 0.4) is 0 Å². The van der Waals surface area contributed by atoms with Crippen LogP contribution in [0.5, 0.6) is 0 Å². The average Bonchev–Trinajstić information content (AvgIpc) is 2.87. The molecule has 0 spiro atoms. The fourth-order valence-corrected chi connectivity index (χ4v) is 3.12. The number of carboxylic acids is 1. The summed E-state index contributed by atoms with van der Waals surface area (Å²) in [5.74, 6) is -1.09. The lowest BCUT2D eigenvalue weighted by Crippen LogP contribution is -2.48. The SMILES string of the molecule is O=C1CC[C@](C(=O)O)(c2ccccc2)N1Cc1ccccc1. The van der Waals surface area contributed by atoms with E-state index in [9.17, 15) is 14.7 Å². The molecule has 0 aromatic heterocycles.